The minimum absolute atomic E-state index is 0.108. The Bertz CT molecular complexity index is 441. The molecule has 3 nitrogen and oxygen atoms in total. The first-order valence-corrected chi connectivity index (χ1v) is 8.55. The lowest BCUT2D eigenvalue weighted by Crippen LogP contribution is -2.36. The first kappa shape index (κ1) is 17.5. The maximum Gasteiger partial charge on any atom is 0.0790 e. The first-order chi connectivity index (χ1) is 10.4. The fourth-order valence-corrected chi connectivity index (χ4v) is 3.02. The lowest BCUT2D eigenvalue weighted by atomic mass is 9.86. The van der Waals surface area contributed by atoms with Gasteiger partial charge in [0.2, 0.25) is 0 Å². The molecule has 124 valence electrons. The Kier molecular flexibility index (Phi) is 6.01. The van der Waals surface area contributed by atoms with E-state index in [1.54, 1.807) is 0 Å². The molecule has 2 N–H and O–H groups in total. The average molecular weight is 305 g/mol. The molecule has 1 atom stereocenters. The number of piperidine rings is 1. The van der Waals surface area contributed by atoms with Crippen LogP contribution in [0.25, 0.3) is 0 Å². The highest BCUT2D eigenvalue weighted by molar-refractivity contribution is 5.28. The van der Waals surface area contributed by atoms with E-state index in [0.717, 1.165) is 50.9 Å². The summed E-state index contributed by atoms with van der Waals surface area (Å²) in [6.45, 7) is 9.59. The topological polar surface area (TPSA) is 43.7 Å². The summed E-state index contributed by atoms with van der Waals surface area (Å²) in [5, 5.41) is 19.8. The van der Waals surface area contributed by atoms with E-state index < -0.39 is 0 Å². The SMILES string of the molecule is CC(C)(C)c1ccc(C(O)CCCN2CCC(O)CC2)cc1. The zero-order valence-electron chi connectivity index (χ0n) is 14.3. The van der Waals surface area contributed by atoms with Crippen LogP contribution < -0.4 is 0 Å². The van der Waals surface area contributed by atoms with Gasteiger partial charge in [-0.05, 0) is 48.8 Å². The van der Waals surface area contributed by atoms with E-state index in [2.05, 4.69) is 49.9 Å². The molecule has 1 aromatic rings. The van der Waals surface area contributed by atoms with Crippen LogP contribution in [0.15, 0.2) is 24.3 Å². The molecular weight excluding hydrogens is 274 g/mol. The van der Waals surface area contributed by atoms with E-state index in [1.807, 2.05) is 0 Å². The predicted molar refractivity (Wildman–Crippen MR) is 91.0 cm³/mol. The normalized spacial score (nSPS) is 19.3. The summed E-state index contributed by atoms with van der Waals surface area (Å²) >= 11 is 0. The summed E-state index contributed by atoms with van der Waals surface area (Å²) in [6, 6.07) is 8.38. The van der Waals surface area contributed by atoms with E-state index in [0.29, 0.717) is 0 Å². The van der Waals surface area contributed by atoms with Crippen LogP contribution in [0.5, 0.6) is 0 Å². The third-order valence-electron chi connectivity index (χ3n) is 4.67. The van der Waals surface area contributed by atoms with Crippen LogP contribution in [-0.4, -0.2) is 40.9 Å². The van der Waals surface area contributed by atoms with Crippen LogP contribution in [0.4, 0.5) is 0 Å². The maximum absolute atomic E-state index is 10.3. The van der Waals surface area contributed by atoms with Gasteiger partial charge in [0.1, 0.15) is 0 Å². The van der Waals surface area contributed by atoms with Gasteiger partial charge in [0.05, 0.1) is 12.2 Å². The van der Waals surface area contributed by atoms with E-state index in [9.17, 15) is 10.2 Å². The largest absolute Gasteiger partial charge is 0.393 e. The molecule has 0 amide bonds. The monoisotopic (exact) mass is 305 g/mol. The van der Waals surface area contributed by atoms with Crippen molar-refractivity contribution in [3.63, 3.8) is 0 Å². The summed E-state index contributed by atoms with van der Waals surface area (Å²) in [7, 11) is 0. The van der Waals surface area contributed by atoms with Gasteiger partial charge < -0.3 is 15.1 Å². The van der Waals surface area contributed by atoms with E-state index in [-0.39, 0.29) is 17.6 Å². The highest BCUT2D eigenvalue weighted by Gasteiger charge is 2.17. The standard InChI is InChI=1S/C19H31NO2/c1-19(2,3)16-8-6-15(7-9-16)18(22)5-4-12-20-13-10-17(21)11-14-20/h6-9,17-18,21-22H,4-5,10-14H2,1-3H3. The van der Waals surface area contributed by atoms with Crippen LogP contribution in [-0.2, 0) is 5.41 Å². The quantitative estimate of drug-likeness (QED) is 0.877. The molecule has 0 bridgehead atoms. The van der Waals surface area contributed by atoms with Gasteiger partial charge in [-0.2, -0.15) is 0 Å². The number of hydrogen-bond acceptors (Lipinski definition) is 3. The van der Waals surface area contributed by atoms with Crippen molar-refractivity contribution in [2.75, 3.05) is 19.6 Å². The molecule has 0 aliphatic carbocycles. The van der Waals surface area contributed by atoms with Crippen molar-refractivity contribution >= 4 is 0 Å². The van der Waals surface area contributed by atoms with Gasteiger partial charge in [-0.3, -0.25) is 0 Å². The Morgan fingerprint density at radius 1 is 1.14 bits per heavy atom. The summed E-state index contributed by atoms with van der Waals surface area (Å²) in [5.74, 6) is 0. The molecule has 1 saturated heterocycles. The van der Waals surface area contributed by atoms with E-state index in [1.165, 1.54) is 5.56 Å². The van der Waals surface area contributed by atoms with Crippen LogP contribution in [0.3, 0.4) is 0 Å². The summed E-state index contributed by atoms with van der Waals surface area (Å²) in [5.41, 5.74) is 2.47. The Balaban J connectivity index is 1.76. The lowest BCUT2D eigenvalue weighted by molar-refractivity contribution is 0.0783. The van der Waals surface area contributed by atoms with Crippen LogP contribution in [0.1, 0.15) is 63.7 Å². The van der Waals surface area contributed by atoms with Gasteiger partial charge in [0, 0.05) is 13.1 Å². The average Bonchev–Trinajstić information content (AvgIpc) is 2.48. The number of hydrogen-bond donors (Lipinski definition) is 2. The van der Waals surface area contributed by atoms with Crippen LogP contribution >= 0.6 is 0 Å². The molecule has 1 aliphatic heterocycles. The molecule has 0 spiro atoms. The maximum atomic E-state index is 10.3. The van der Waals surface area contributed by atoms with E-state index >= 15 is 0 Å². The molecule has 0 saturated carbocycles. The number of nitrogens with zero attached hydrogens (tertiary/aromatic N) is 1. The second-order valence-corrected chi connectivity index (χ2v) is 7.60. The third-order valence-corrected chi connectivity index (χ3v) is 4.67. The predicted octanol–water partition coefficient (Wildman–Crippen LogP) is 3.25. The summed E-state index contributed by atoms with van der Waals surface area (Å²) in [6.07, 6.45) is 3.09. The number of aliphatic hydroxyl groups excluding tert-OH is 2. The number of aliphatic hydroxyl groups is 2. The molecule has 1 aliphatic rings. The Morgan fingerprint density at radius 2 is 1.73 bits per heavy atom. The second-order valence-electron chi connectivity index (χ2n) is 7.60. The van der Waals surface area contributed by atoms with Gasteiger partial charge >= 0.3 is 0 Å². The Morgan fingerprint density at radius 3 is 2.27 bits per heavy atom. The molecule has 1 heterocycles. The van der Waals surface area contributed by atoms with Gasteiger partial charge in [-0.1, -0.05) is 45.0 Å². The fraction of sp³-hybridized carbons (Fsp3) is 0.684. The number of benzene rings is 1. The molecule has 0 aromatic heterocycles. The van der Waals surface area contributed by atoms with Gasteiger partial charge in [-0.15, -0.1) is 0 Å². The lowest BCUT2D eigenvalue weighted by Gasteiger charge is -2.29. The van der Waals surface area contributed by atoms with Crippen molar-refractivity contribution in [1.29, 1.82) is 0 Å². The molecule has 22 heavy (non-hydrogen) atoms. The third kappa shape index (κ3) is 5.08. The Hall–Kier alpha value is -0.900. The van der Waals surface area contributed by atoms with Gasteiger partial charge in [-0.25, -0.2) is 0 Å². The van der Waals surface area contributed by atoms with Gasteiger partial charge in [0.15, 0.2) is 0 Å². The molecule has 1 aromatic carbocycles. The van der Waals surface area contributed by atoms with Crippen molar-refractivity contribution in [1.82, 2.24) is 4.90 Å². The molecule has 1 fully saturated rings. The first-order valence-electron chi connectivity index (χ1n) is 8.55. The molecular formula is C19H31NO2. The number of rotatable bonds is 5. The highest BCUT2D eigenvalue weighted by atomic mass is 16.3. The van der Waals surface area contributed by atoms with Crippen molar-refractivity contribution in [2.24, 2.45) is 0 Å². The minimum Gasteiger partial charge on any atom is -0.393 e. The molecule has 1 unspecified atom stereocenters. The summed E-state index contributed by atoms with van der Waals surface area (Å²) < 4.78 is 0. The van der Waals surface area contributed by atoms with Crippen molar-refractivity contribution < 1.29 is 10.2 Å². The second kappa shape index (κ2) is 7.58. The van der Waals surface area contributed by atoms with Crippen molar-refractivity contribution in [3.05, 3.63) is 35.4 Å². The summed E-state index contributed by atoms with van der Waals surface area (Å²) in [4.78, 5) is 2.39. The van der Waals surface area contributed by atoms with Crippen molar-refractivity contribution in [2.45, 2.75) is 64.1 Å². The molecule has 3 heteroatoms. The number of likely N-dealkylation sites (tertiary alicyclic amines) is 1. The van der Waals surface area contributed by atoms with Gasteiger partial charge in [0.25, 0.3) is 0 Å². The van der Waals surface area contributed by atoms with Crippen molar-refractivity contribution in [3.8, 4) is 0 Å². The van der Waals surface area contributed by atoms with Crippen LogP contribution in [0, 0.1) is 0 Å². The zero-order valence-corrected chi connectivity index (χ0v) is 14.3. The van der Waals surface area contributed by atoms with Crippen LogP contribution in [0.2, 0.25) is 0 Å². The molecule has 0 radical (unpaired) electrons. The smallest absolute Gasteiger partial charge is 0.0790 e. The zero-order chi connectivity index (χ0) is 16.2. The fourth-order valence-electron chi connectivity index (χ4n) is 3.02. The Labute approximate surface area is 135 Å². The minimum atomic E-state index is -0.371. The highest BCUT2D eigenvalue weighted by Crippen LogP contribution is 2.25. The van der Waals surface area contributed by atoms with E-state index in [4.69, 9.17) is 0 Å². The molecule has 2 rings (SSSR count).